The first-order chi connectivity index (χ1) is 16.3. The average molecular weight is 424 g/mol. The van der Waals surface area contributed by atoms with Crippen LogP contribution in [0.4, 0.5) is 0 Å². The molecule has 0 aliphatic heterocycles. The molecule has 0 aliphatic rings. The Morgan fingerprint density at radius 3 is 2.00 bits per heavy atom. The molecule has 0 unspecified atom stereocenters. The van der Waals surface area contributed by atoms with E-state index in [0.717, 1.165) is 27.8 Å². The number of nitrogens with one attached hydrogen (secondary N) is 2. The molecular weight excluding hydrogens is 402 g/mol. The van der Waals surface area contributed by atoms with Crippen LogP contribution in [0.1, 0.15) is 11.1 Å². The highest BCUT2D eigenvalue weighted by Crippen LogP contribution is 2.38. The Hall–Kier alpha value is -4.50. The standard InChI is InChI=1S/C30H21N3/c31-18-20-14-21(19-32)16-25(15-20)33-28-12-11-24(22-6-2-1-3-7-22)17-27(28)30-26-9-5-4-8-23(26)10-13-29(30)33/h1-19,31-32H. The zero-order chi connectivity index (χ0) is 22.4. The van der Waals surface area contributed by atoms with Gasteiger partial charge in [-0.15, -0.1) is 0 Å². The van der Waals surface area contributed by atoms with E-state index in [0.29, 0.717) is 0 Å². The van der Waals surface area contributed by atoms with Gasteiger partial charge in [0.1, 0.15) is 0 Å². The molecule has 0 amide bonds. The minimum atomic E-state index is 0.780. The molecule has 1 aromatic heterocycles. The first-order valence-corrected chi connectivity index (χ1v) is 10.9. The Labute approximate surface area is 191 Å². The average Bonchev–Trinajstić information content (AvgIpc) is 3.23. The summed E-state index contributed by atoms with van der Waals surface area (Å²) in [6, 6.07) is 35.9. The number of nitrogens with zero attached hydrogens (tertiary/aromatic N) is 1. The quantitative estimate of drug-likeness (QED) is 0.274. The second-order valence-corrected chi connectivity index (χ2v) is 8.26. The predicted molar refractivity (Wildman–Crippen MR) is 139 cm³/mol. The number of rotatable bonds is 4. The summed E-state index contributed by atoms with van der Waals surface area (Å²) in [5.41, 5.74) is 7.12. The van der Waals surface area contributed by atoms with Crippen LogP contribution < -0.4 is 0 Å². The summed E-state index contributed by atoms with van der Waals surface area (Å²) in [5, 5.41) is 20.4. The molecule has 0 aliphatic carbocycles. The lowest BCUT2D eigenvalue weighted by molar-refractivity contribution is 1.18. The second kappa shape index (κ2) is 7.57. The summed E-state index contributed by atoms with van der Waals surface area (Å²) in [5.74, 6) is 0. The summed E-state index contributed by atoms with van der Waals surface area (Å²) in [7, 11) is 0. The van der Waals surface area contributed by atoms with Crippen molar-refractivity contribution < 1.29 is 0 Å². The number of hydrogen-bond acceptors (Lipinski definition) is 2. The van der Waals surface area contributed by atoms with Crippen molar-refractivity contribution in [2.45, 2.75) is 0 Å². The third kappa shape index (κ3) is 3.06. The van der Waals surface area contributed by atoms with Crippen molar-refractivity contribution in [1.82, 2.24) is 4.57 Å². The Morgan fingerprint density at radius 2 is 1.24 bits per heavy atom. The minimum absolute atomic E-state index is 0.780. The van der Waals surface area contributed by atoms with E-state index in [1.807, 2.05) is 24.3 Å². The molecule has 2 N–H and O–H groups in total. The molecule has 0 saturated heterocycles. The molecule has 0 atom stereocenters. The van der Waals surface area contributed by atoms with Gasteiger partial charge in [0.05, 0.1) is 11.0 Å². The molecule has 0 radical (unpaired) electrons. The summed E-state index contributed by atoms with van der Waals surface area (Å²) >= 11 is 0. The van der Waals surface area contributed by atoms with E-state index in [1.54, 1.807) is 0 Å². The topological polar surface area (TPSA) is 52.6 Å². The van der Waals surface area contributed by atoms with Gasteiger partial charge in [0.25, 0.3) is 0 Å². The first-order valence-electron chi connectivity index (χ1n) is 10.9. The Morgan fingerprint density at radius 1 is 0.545 bits per heavy atom. The Balaban J connectivity index is 1.77. The van der Waals surface area contributed by atoms with Crippen LogP contribution in [-0.4, -0.2) is 17.0 Å². The lowest BCUT2D eigenvalue weighted by Crippen LogP contribution is -1.97. The highest BCUT2D eigenvalue weighted by Gasteiger charge is 2.16. The zero-order valence-corrected chi connectivity index (χ0v) is 17.9. The van der Waals surface area contributed by atoms with Gasteiger partial charge in [0.2, 0.25) is 0 Å². The van der Waals surface area contributed by atoms with Crippen molar-refractivity contribution in [3.63, 3.8) is 0 Å². The first kappa shape index (κ1) is 19.2. The van der Waals surface area contributed by atoms with Gasteiger partial charge in [0, 0.05) is 28.9 Å². The summed E-state index contributed by atoms with van der Waals surface area (Å²) in [4.78, 5) is 0. The van der Waals surface area contributed by atoms with Gasteiger partial charge >= 0.3 is 0 Å². The van der Waals surface area contributed by atoms with Crippen LogP contribution in [0, 0.1) is 10.8 Å². The van der Waals surface area contributed by atoms with Gasteiger partial charge in [-0.2, -0.15) is 0 Å². The zero-order valence-electron chi connectivity index (χ0n) is 17.9. The molecule has 33 heavy (non-hydrogen) atoms. The fourth-order valence-electron chi connectivity index (χ4n) is 4.83. The molecule has 6 rings (SSSR count). The monoisotopic (exact) mass is 423 g/mol. The van der Waals surface area contributed by atoms with E-state index >= 15 is 0 Å². The van der Waals surface area contributed by atoms with Gasteiger partial charge in [-0.1, -0.05) is 66.7 Å². The third-order valence-corrected chi connectivity index (χ3v) is 6.32. The van der Waals surface area contributed by atoms with E-state index in [9.17, 15) is 0 Å². The van der Waals surface area contributed by atoms with Crippen LogP contribution in [0.2, 0.25) is 0 Å². The molecule has 5 aromatic carbocycles. The largest absolute Gasteiger partial charge is 0.309 e. The summed E-state index contributed by atoms with van der Waals surface area (Å²) in [6.45, 7) is 0. The smallest absolute Gasteiger partial charge is 0.0547 e. The number of hydrogen-bond donors (Lipinski definition) is 2. The molecule has 0 bridgehead atoms. The van der Waals surface area contributed by atoms with Gasteiger partial charge in [-0.05, 0) is 69.4 Å². The molecule has 0 fully saturated rings. The normalized spacial score (nSPS) is 11.3. The second-order valence-electron chi connectivity index (χ2n) is 8.26. The van der Waals surface area contributed by atoms with Crippen molar-refractivity contribution in [2.24, 2.45) is 0 Å². The van der Waals surface area contributed by atoms with Crippen molar-refractivity contribution in [3.8, 4) is 16.8 Å². The molecule has 3 nitrogen and oxygen atoms in total. The maximum Gasteiger partial charge on any atom is 0.0547 e. The lowest BCUT2D eigenvalue weighted by atomic mass is 10.0. The summed E-state index contributed by atoms with van der Waals surface area (Å²) in [6.07, 6.45) is 2.68. The van der Waals surface area contributed by atoms with E-state index in [-0.39, 0.29) is 0 Å². The van der Waals surface area contributed by atoms with E-state index < -0.39 is 0 Å². The molecule has 0 saturated carbocycles. The van der Waals surface area contributed by atoms with Crippen LogP contribution in [0.15, 0.2) is 103 Å². The van der Waals surface area contributed by atoms with E-state index in [2.05, 4.69) is 83.4 Å². The highest BCUT2D eigenvalue weighted by atomic mass is 15.0. The van der Waals surface area contributed by atoms with E-state index in [4.69, 9.17) is 10.8 Å². The van der Waals surface area contributed by atoms with Crippen LogP contribution in [0.5, 0.6) is 0 Å². The molecule has 3 heteroatoms. The maximum atomic E-state index is 7.79. The number of fused-ring (bicyclic) bond motifs is 5. The summed E-state index contributed by atoms with van der Waals surface area (Å²) < 4.78 is 2.26. The molecular formula is C30H21N3. The number of benzene rings is 5. The van der Waals surface area contributed by atoms with Gasteiger partial charge in [-0.3, -0.25) is 0 Å². The molecule has 0 spiro atoms. The van der Waals surface area contributed by atoms with Crippen LogP contribution in [0.3, 0.4) is 0 Å². The van der Waals surface area contributed by atoms with Crippen LogP contribution >= 0.6 is 0 Å². The van der Waals surface area contributed by atoms with Gasteiger partial charge < -0.3 is 15.4 Å². The van der Waals surface area contributed by atoms with Crippen molar-refractivity contribution in [1.29, 1.82) is 10.8 Å². The molecule has 6 aromatic rings. The van der Waals surface area contributed by atoms with Crippen molar-refractivity contribution in [2.75, 3.05) is 0 Å². The van der Waals surface area contributed by atoms with E-state index in [1.165, 1.54) is 45.1 Å². The van der Waals surface area contributed by atoms with Crippen molar-refractivity contribution in [3.05, 3.63) is 114 Å². The number of aromatic nitrogens is 1. The van der Waals surface area contributed by atoms with Gasteiger partial charge in [-0.25, -0.2) is 0 Å². The van der Waals surface area contributed by atoms with Crippen LogP contribution in [-0.2, 0) is 0 Å². The third-order valence-electron chi connectivity index (χ3n) is 6.32. The lowest BCUT2D eigenvalue weighted by Gasteiger charge is -2.11. The van der Waals surface area contributed by atoms with Gasteiger partial charge in [0.15, 0.2) is 0 Å². The fourth-order valence-corrected chi connectivity index (χ4v) is 4.83. The predicted octanol–water partition coefficient (Wildman–Crippen LogP) is 7.60. The Kier molecular flexibility index (Phi) is 4.41. The van der Waals surface area contributed by atoms with Crippen LogP contribution in [0.25, 0.3) is 49.4 Å². The molecule has 1 heterocycles. The highest BCUT2D eigenvalue weighted by molar-refractivity contribution is 6.21. The van der Waals surface area contributed by atoms with Crippen molar-refractivity contribution >= 4 is 45.0 Å². The Bertz CT molecular complexity index is 1660. The SMILES string of the molecule is N=Cc1cc(C=N)cc(-n2c3ccc(-c4ccccc4)cc3c3c4ccccc4ccc32)c1. The molecule has 156 valence electrons. The maximum absolute atomic E-state index is 7.79. The minimum Gasteiger partial charge on any atom is -0.309 e. The fraction of sp³-hybridized carbons (Fsp3) is 0.